The summed E-state index contributed by atoms with van der Waals surface area (Å²) in [5, 5.41) is 27.5. The number of carbonyl (C=O) groups excluding carboxylic acids is 2. The first kappa shape index (κ1) is 32.6. The molecule has 1 amide bonds. The molecule has 0 aliphatic heterocycles. The largest absolute Gasteiger partial charge is 0.455 e. The van der Waals surface area contributed by atoms with Gasteiger partial charge in [0.25, 0.3) is 11.7 Å². The van der Waals surface area contributed by atoms with Gasteiger partial charge in [-0.15, -0.1) is 10.2 Å². The molecule has 3 aromatic carbocycles. The Morgan fingerprint density at radius 3 is 2.41 bits per heavy atom. The van der Waals surface area contributed by atoms with Gasteiger partial charge in [-0.1, -0.05) is 53.0 Å². The van der Waals surface area contributed by atoms with E-state index in [2.05, 4.69) is 25.8 Å². The number of nitriles is 1. The number of rotatable bonds is 9. The second kappa shape index (κ2) is 13.3. The number of Topliss-reactive ketones (excluding diaryl/α,β-unsaturated/α-hetero) is 1. The van der Waals surface area contributed by atoms with E-state index in [1.54, 1.807) is 55.5 Å². The van der Waals surface area contributed by atoms with Crippen molar-refractivity contribution in [2.24, 2.45) is 0 Å². The summed E-state index contributed by atoms with van der Waals surface area (Å²) in [6.45, 7) is 1.43. The lowest BCUT2D eigenvalue weighted by Gasteiger charge is -2.14. The fourth-order valence-electron chi connectivity index (χ4n) is 4.58. The van der Waals surface area contributed by atoms with Crippen molar-refractivity contribution in [1.82, 2.24) is 35.3 Å². The minimum absolute atomic E-state index is 0.0326. The highest BCUT2D eigenvalue weighted by molar-refractivity contribution is 6.42. The summed E-state index contributed by atoms with van der Waals surface area (Å²) in [5.41, 5.74) is 2.39. The molecule has 2 heterocycles. The van der Waals surface area contributed by atoms with Crippen molar-refractivity contribution in [3.8, 4) is 11.8 Å². The molecular formula is C30H20Cl3F3N8O2. The lowest BCUT2D eigenvalue weighted by Crippen LogP contribution is -2.25. The fraction of sp³-hybridized carbons (Fsp3) is 0.167. The van der Waals surface area contributed by atoms with Crippen molar-refractivity contribution < 1.29 is 22.8 Å². The van der Waals surface area contributed by atoms with Gasteiger partial charge in [-0.2, -0.15) is 28.3 Å². The van der Waals surface area contributed by atoms with E-state index in [-0.39, 0.29) is 47.0 Å². The molecule has 0 saturated heterocycles. The van der Waals surface area contributed by atoms with E-state index >= 15 is 0 Å². The van der Waals surface area contributed by atoms with Crippen molar-refractivity contribution >= 4 is 46.5 Å². The van der Waals surface area contributed by atoms with E-state index in [1.807, 2.05) is 6.07 Å². The second-order valence-corrected chi connectivity index (χ2v) is 11.2. The number of alkyl halides is 3. The van der Waals surface area contributed by atoms with E-state index in [4.69, 9.17) is 34.8 Å². The summed E-state index contributed by atoms with van der Waals surface area (Å²) in [4.78, 5) is 28.0. The average molecular weight is 688 g/mol. The van der Waals surface area contributed by atoms with Crippen LogP contribution in [-0.2, 0) is 25.7 Å². The first-order valence-corrected chi connectivity index (χ1v) is 14.4. The zero-order chi connectivity index (χ0) is 33.2. The van der Waals surface area contributed by atoms with Crippen LogP contribution < -0.4 is 5.32 Å². The van der Waals surface area contributed by atoms with Crippen LogP contribution in [0, 0.1) is 18.3 Å². The maximum atomic E-state index is 13.9. The van der Waals surface area contributed by atoms with Crippen molar-refractivity contribution in [3.63, 3.8) is 0 Å². The van der Waals surface area contributed by atoms with Crippen LogP contribution in [0.25, 0.3) is 5.69 Å². The summed E-state index contributed by atoms with van der Waals surface area (Å²) in [6.07, 6.45) is -5.08. The number of nitrogens with zero attached hydrogens (tertiary/aromatic N) is 7. The smallest absolute Gasteiger partial charge is 0.348 e. The number of hydrogen-bond donors (Lipinski definition) is 1. The molecule has 234 valence electrons. The maximum absolute atomic E-state index is 13.9. The highest BCUT2D eigenvalue weighted by atomic mass is 35.5. The number of ketones is 1. The lowest BCUT2D eigenvalue weighted by molar-refractivity contribution is -0.145. The molecule has 2 aromatic heterocycles. The predicted molar refractivity (Wildman–Crippen MR) is 162 cm³/mol. The Balaban J connectivity index is 1.48. The summed E-state index contributed by atoms with van der Waals surface area (Å²) in [5.74, 6) is -2.45. The van der Waals surface area contributed by atoms with Gasteiger partial charge >= 0.3 is 6.18 Å². The predicted octanol–water partition coefficient (Wildman–Crippen LogP) is 6.42. The van der Waals surface area contributed by atoms with Crippen LogP contribution in [0.3, 0.4) is 0 Å². The van der Waals surface area contributed by atoms with Crippen LogP contribution in [-0.4, -0.2) is 41.7 Å². The molecule has 1 N–H and O–H groups in total. The molecular weight excluding hydrogens is 668 g/mol. The molecule has 46 heavy (non-hydrogen) atoms. The Hall–Kier alpha value is -4.77. The molecule has 5 aromatic rings. The summed E-state index contributed by atoms with van der Waals surface area (Å²) >= 11 is 18.5. The average Bonchev–Trinajstić information content (AvgIpc) is 3.66. The van der Waals surface area contributed by atoms with E-state index in [0.29, 0.717) is 37.2 Å². The second-order valence-electron chi connectivity index (χ2n) is 9.99. The standard InChI is InChI=1S/C30H20Cl3F3N8O2/c1-16-8-18(13-37)9-21(28(46)38-14-17-6-7-22(31)24(33)10-17)20(16)12-27(45)26-11-19(15-43-41-29(39-42-43)30(34,35)36)40-44(26)25-5-3-2-4-23(25)32/h2-11H,12,14-15H2,1H3,(H,38,46). The first-order valence-electron chi connectivity index (χ1n) is 13.3. The van der Waals surface area contributed by atoms with Gasteiger partial charge in [0.05, 0.1) is 38.1 Å². The normalized spacial score (nSPS) is 11.3. The molecule has 0 atom stereocenters. The van der Waals surface area contributed by atoms with Gasteiger partial charge in [0, 0.05) is 18.5 Å². The Morgan fingerprint density at radius 2 is 1.74 bits per heavy atom. The minimum atomic E-state index is -4.79. The van der Waals surface area contributed by atoms with Gasteiger partial charge in [0.15, 0.2) is 5.78 Å². The van der Waals surface area contributed by atoms with Crippen molar-refractivity contribution in [1.29, 1.82) is 5.26 Å². The number of para-hydroxylation sites is 1. The molecule has 0 bridgehead atoms. The van der Waals surface area contributed by atoms with Gasteiger partial charge in [-0.3, -0.25) is 9.59 Å². The summed E-state index contributed by atoms with van der Waals surface area (Å²) in [6, 6.07) is 17.8. The van der Waals surface area contributed by atoms with Gasteiger partial charge in [0.2, 0.25) is 0 Å². The van der Waals surface area contributed by atoms with Crippen LogP contribution in [0.4, 0.5) is 13.2 Å². The molecule has 0 spiro atoms. The number of benzene rings is 3. The van der Waals surface area contributed by atoms with E-state index in [0.717, 1.165) is 0 Å². The molecule has 0 radical (unpaired) electrons. The van der Waals surface area contributed by atoms with Gasteiger partial charge < -0.3 is 5.32 Å². The monoisotopic (exact) mass is 686 g/mol. The zero-order valence-corrected chi connectivity index (χ0v) is 25.9. The third-order valence-corrected chi connectivity index (χ3v) is 7.82. The van der Waals surface area contributed by atoms with Crippen molar-refractivity contribution in [2.45, 2.75) is 32.6 Å². The van der Waals surface area contributed by atoms with E-state index < -0.39 is 23.7 Å². The molecule has 0 unspecified atom stereocenters. The number of amides is 1. The third kappa shape index (κ3) is 7.20. The van der Waals surface area contributed by atoms with Crippen molar-refractivity contribution in [3.05, 3.63) is 121 Å². The van der Waals surface area contributed by atoms with Gasteiger partial charge in [-0.05, 0) is 71.3 Å². The number of aromatic nitrogens is 6. The summed E-state index contributed by atoms with van der Waals surface area (Å²) in [7, 11) is 0. The van der Waals surface area contributed by atoms with Crippen LogP contribution in [0.2, 0.25) is 15.1 Å². The lowest BCUT2D eigenvalue weighted by atomic mass is 9.93. The zero-order valence-electron chi connectivity index (χ0n) is 23.6. The Morgan fingerprint density at radius 1 is 0.978 bits per heavy atom. The van der Waals surface area contributed by atoms with E-state index in [9.17, 15) is 28.0 Å². The minimum Gasteiger partial charge on any atom is -0.348 e. The number of tetrazole rings is 1. The summed E-state index contributed by atoms with van der Waals surface area (Å²) < 4.78 is 40.3. The fourth-order valence-corrected chi connectivity index (χ4v) is 5.12. The third-order valence-electron chi connectivity index (χ3n) is 6.76. The number of halogens is 6. The van der Waals surface area contributed by atoms with E-state index in [1.165, 1.54) is 16.8 Å². The molecule has 0 fully saturated rings. The SMILES string of the molecule is Cc1cc(C#N)cc(C(=O)NCc2ccc(Cl)c(Cl)c2)c1CC(=O)c1cc(Cn2nnc(C(F)(F)F)n2)nn1-c1ccccc1Cl. The molecule has 0 aliphatic rings. The Labute approximate surface area is 274 Å². The van der Waals surface area contributed by atoms with Crippen LogP contribution >= 0.6 is 34.8 Å². The highest BCUT2D eigenvalue weighted by Gasteiger charge is 2.37. The number of hydrogen-bond acceptors (Lipinski definition) is 7. The van der Waals surface area contributed by atoms with Crippen LogP contribution in [0.5, 0.6) is 0 Å². The van der Waals surface area contributed by atoms with Gasteiger partial charge in [-0.25, -0.2) is 4.68 Å². The molecule has 0 saturated carbocycles. The van der Waals surface area contributed by atoms with Crippen molar-refractivity contribution in [2.75, 3.05) is 0 Å². The number of nitrogens with one attached hydrogen (secondary N) is 1. The number of carbonyl (C=O) groups is 2. The Kier molecular flexibility index (Phi) is 9.43. The highest BCUT2D eigenvalue weighted by Crippen LogP contribution is 2.27. The number of aryl methyl sites for hydroxylation is 1. The first-order chi connectivity index (χ1) is 21.8. The van der Waals surface area contributed by atoms with Crippen LogP contribution in [0.15, 0.2) is 60.7 Å². The maximum Gasteiger partial charge on any atom is 0.455 e. The molecule has 10 nitrogen and oxygen atoms in total. The molecule has 0 aliphatic carbocycles. The topological polar surface area (TPSA) is 131 Å². The molecule has 16 heteroatoms. The van der Waals surface area contributed by atoms with Crippen LogP contribution in [0.1, 0.15) is 54.6 Å². The molecule has 5 rings (SSSR count). The quantitative estimate of drug-likeness (QED) is 0.177. The Bertz CT molecular complexity index is 2020. The van der Waals surface area contributed by atoms with Gasteiger partial charge in [0.1, 0.15) is 12.2 Å².